The molecule has 1 aromatic heterocycles. The van der Waals surface area contributed by atoms with Crippen LogP contribution >= 0.6 is 11.3 Å². The van der Waals surface area contributed by atoms with Crippen molar-refractivity contribution < 1.29 is 12.8 Å². The van der Waals surface area contributed by atoms with Crippen molar-refractivity contribution >= 4 is 26.9 Å². The van der Waals surface area contributed by atoms with Gasteiger partial charge in [-0.15, -0.1) is 11.3 Å². The van der Waals surface area contributed by atoms with Gasteiger partial charge in [0.2, 0.25) is 0 Å². The van der Waals surface area contributed by atoms with Gasteiger partial charge in [0.15, 0.2) is 9.84 Å². The quantitative estimate of drug-likeness (QED) is 0.865. The lowest BCUT2D eigenvalue weighted by Crippen LogP contribution is -2.06. The Hall–Kier alpha value is -1.47. The molecule has 7 heteroatoms. The summed E-state index contributed by atoms with van der Waals surface area (Å²) in [6.45, 7) is 0. The molecule has 0 radical (unpaired) electrons. The van der Waals surface area contributed by atoms with Crippen molar-refractivity contribution in [1.82, 2.24) is 4.98 Å². The second kappa shape index (κ2) is 4.42. The van der Waals surface area contributed by atoms with Crippen LogP contribution in [0.5, 0.6) is 0 Å². The number of nitrogen functional groups attached to an aromatic ring is 1. The van der Waals surface area contributed by atoms with Crippen LogP contribution in [0.2, 0.25) is 0 Å². The summed E-state index contributed by atoms with van der Waals surface area (Å²) in [6, 6.07) is 3.27. The van der Waals surface area contributed by atoms with Crippen LogP contribution in [-0.2, 0) is 15.6 Å². The van der Waals surface area contributed by atoms with Gasteiger partial charge in [-0.25, -0.2) is 17.8 Å². The first-order valence-corrected chi connectivity index (χ1v) is 7.18. The summed E-state index contributed by atoms with van der Waals surface area (Å²) in [4.78, 5) is 3.77. The van der Waals surface area contributed by atoms with Crippen LogP contribution in [0.15, 0.2) is 34.7 Å². The number of anilines is 1. The third-order valence-electron chi connectivity index (χ3n) is 2.05. The van der Waals surface area contributed by atoms with E-state index in [1.807, 2.05) is 0 Å². The number of hydrogen-bond donors (Lipinski definition) is 1. The van der Waals surface area contributed by atoms with E-state index >= 15 is 0 Å². The first-order valence-electron chi connectivity index (χ1n) is 4.64. The Bertz CT molecular complexity index is 604. The number of aromatic nitrogens is 1. The van der Waals surface area contributed by atoms with Gasteiger partial charge in [-0.3, -0.25) is 0 Å². The van der Waals surface area contributed by atoms with Gasteiger partial charge < -0.3 is 5.73 Å². The third-order valence-corrected chi connectivity index (χ3v) is 4.62. The molecule has 1 aromatic carbocycles. The minimum atomic E-state index is -3.60. The number of sulfone groups is 1. The molecule has 90 valence electrons. The van der Waals surface area contributed by atoms with E-state index in [0.29, 0.717) is 5.01 Å². The van der Waals surface area contributed by atoms with Crippen LogP contribution in [0.4, 0.5) is 10.1 Å². The number of nitrogens with two attached hydrogens (primary N) is 1. The molecule has 0 aliphatic carbocycles. The highest BCUT2D eigenvalue weighted by atomic mass is 32.2. The minimum absolute atomic E-state index is 0.0858. The van der Waals surface area contributed by atoms with Crippen LogP contribution in [0.3, 0.4) is 0 Å². The molecular formula is C10H9FN2O2S2. The standard InChI is InChI=1S/C10H9FN2O2S2/c11-7-3-8(12)5-9(4-7)17(14,15)6-10-13-1-2-16-10/h1-5H,6,12H2. The monoisotopic (exact) mass is 272 g/mol. The van der Waals surface area contributed by atoms with Crippen molar-refractivity contribution in [2.45, 2.75) is 10.6 Å². The molecular weight excluding hydrogens is 263 g/mol. The van der Waals surface area contributed by atoms with E-state index in [-0.39, 0.29) is 16.3 Å². The maximum atomic E-state index is 13.1. The number of thiazole rings is 1. The van der Waals surface area contributed by atoms with Gasteiger partial charge in [-0.05, 0) is 18.2 Å². The summed E-state index contributed by atoms with van der Waals surface area (Å²) < 4.78 is 37.0. The molecule has 0 aliphatic heterocycles. The van der Waals surface area contributed by atoms with Crippen molar-refractivity contribution in [3.8, 4) is 0 Å². The van der Waals surface area contributed by atoms with Crippen LogP contribution < -0.4 is 5.73 Å². The predicted octanol–water partition coefficient (Wildman–Crippen LogP) is 1.84. The molecule has 2 aromatic rings. The molecule has 0 unspecified atom stereocenters. The zero-order valence-electron chi connectivity index (χ0n) is 8.63. The molecule has 0 fully saturated rings. The molecule has 0 spiro atoms. The fraction of sp³-hybridized carbons (Fsp3) is 0.100. The van der Waals surface area contributed by atoms with Gasteiger partial charge in [-0.1, -0.05) is 0 Å². The molecule has 0 bridgehead atoms. The molecule has 2 N–H and O–H groups in total. The Morgan fingerprint density at radius 2 is 2.12 bits per heavy atom. The number of nitrogens with zero attached hydrogens (tertiary/aromatic N) is 1. The van der Waals surface area contributed by atoms with Gasteiger partial charge in [0, 0.05) is 17.3 Å². The molecule has 17 heavy (non-hydrogen) atoms. The second-order valence-electron chi connectivity index (χ2n) is 3.41. The number of rotatable bonds is 3. The maximum absolute atomic E-state index is 13.1. The van der Waals surface area contributed by atoms with Crippen LogP contribution in [0.25, 0.3) is 0 Å². The van der Waals surface area contributed by atoms with Crippen molar-refractivity contribution in [3.05, 3.63) is 40.6 Å². The van der Waals surface area contributed by atoms with Gasteiger partial charge in [0.25, 0.3) is 0 Å². The highest BCUT2D eigenvalue weighted by Crippen LogP contribution is 2.21. The summed E-state index contributed by atoms with van der Waals surface area (Å²) in [6.07, 6.45) is 1.52. The van der Waals surface area contributed by atoms with Crippen LogP contribution in [0, 0.1) is 5.82 Å². The number of benzene rings is 1. The van der Waals surface area contributed by atoms with E-state index in [9.17, 15) is 12.8 Å². The Morgan fingerprint density at radius 1 is 1.35 bits per heavy atom. The molecule has 4 nitrogen and oxygen atoms in total. The lowest BCUT2D eigenvalue weighted by molar-refractivity contribution is 0.590. The average Bonchev–Trinajstić information content (AvgIpc) is 2.68. The summed E-state index contributed by atoms with van der Waals surface area (Å²) >= 11 is 1.24. The largest absolute Gasteiger partial charge is 0.399 e. The van der Waals surface area contributed by atoms with Gasteiger partial charge in [0.05, 0.1) is 4.90 Å². The number of halogens is 1. The molecule has 0 aliphatic rings. The second-order valence-corrected chi connectivity index (χ2v) is 6.37. The van der Waals surface area contributed by atoms with E-state index in [4.69, 9.17) is 5.73 Å². The van der Waals surface area contributed by atoms with E-state index in [1.54, 1.807) is 5.38 Å². The van der Waals surface area contributed by atoms with Crippen molar-refractivity contribution in [2.24, 2.45) is 0 Å². The normalized spacial score (nSPS) is 11.6. The first-order chi connectivity index (χ1) is 7.97. The van der Waals surface area contributed by atoms with Crippen LogP contribution in [-0.4, -0.2) is 13.4 Å². The van der Waals surface area contributed by atoms with E-state index in [1.165, 1.54) is 23.6 Å². The van der Waals surface area contributed by atoms with Crippen molar-refractivity contribution in [3.63, 3.8) is 0 Å². The summed E-state index contributed by atoms with van der Waals surface area (Å²) in [5.41, 5.74) is 5.50. The lowest BCUT2D eigenvalue weighted by Gasteiger charge is -2.04. The highest BCUT2D eigenvalue weighted by Gasteiger charge is 2.18. The lowest BCUT2D eigenvalue weighted by atomic mass is 10.3. The van der Waals surface area contributed by atoms with E-state index in [2.05, 4.69) is 4.98 Å². The summed E-state index contributed by atoms with van der Waals surface area (Å²) in [7, 11) is -3.60. The minimum Gasteiger partial charge on any atom is -0.399 e. The topological polar surface area (TPSA) is 73.1 Å². The van der Waals surface area contributed by atoms with E-state index in [0.717, 1.165) is 12.1 Å². The molecule has 0 saturated heterocycles. The molecule has 1 heterocycles. The third kappa shape index (κ3) is 2.80. The van der Waals surface area contributed by atoms with Gasteiger partial charge in [-0.2, -0.15) is 0 Å². The fourth-order valence-corrected chi connectivity index (χ4v) is 3.65. The Morgan fingerprint density at radius 3 is 2.71 bits per heavy atom. The zero-order chi connectivity index (χ0) is 12.5. The molecule has 0 saturated carbocycles. The van der Waals surface area contributed by atoms with Crippen molar-refractivity contribution in [1.29, 1.82) is 0 Å². The SMILES string of the molecule is Nc1cc(F)cc(S(=O)(=O)Cc2nccs2)c1. The maximum Gasteiger partial charge on any atom is 0.185 e. The molecule has 2 rings (SSSR count). The van der Waals surface area contributed by atoms with Crippen molar-refractivity contribution in [2.75, 3.05) is 5.73 Å². The molecule has 0 amide bonds. The highest BCUT2D eigenvalue weighted by molar-refractivity contribution is 7.90. The van der Waals surface area contributed by atoms with Gasteiger partial charge >= 0.3 is 0 Å². The van der Waals surface area contributed by atoms with E-state index < -0.39 is 15.7 Å². The summed E-state index contributed by atoms with van der Waals surface area (Å²) in [5.74, 6) is -0.907. The first kappa shape index (κ1) is 12.0. The molecule has 0 atom stereocenters. The Kier molecular flexibility index (Phi) is 3.12. The number of hydrogen-bond acceptors (Lipinski definition) is 5. The Balaban J connectivity index is 2.38. The smallest absolute Gasteiger partial charge is 0.185 e. The summed E-state index contributed by atoms with van der Waals surface area (Å²) in [5, 5.41) is 2.15. The Labute approximate surface area is 102 Å². The average molecular weight is 272 g/mol. The van der Waals surface area contributed by atoms with Crippen LogP contribution in [0.1, 0.15) is 5.01 Å². The fourth-order valence-electron chi connectivity index (χ4n) is 1.33. The zero-order valence-corrected chi connectivity index (χ0v) is 10.3. The van der Waals surface area contributed by atoms with Gasteiger partial charge in [0.1, 0.15) is 16.6 Å². The predicted molar refractivity (Wildman–Crippen MR) is 63.8 cm³/mol.